The van der Waals surface area contributed by atoms with Gasteiger partial charge in [-0.1, -0.05) is 0 Å². The lowest BCUT2D eigenvalue weighted by atomic mass is 10.3. The quantitative estimate of drug-likeness (QED) is 0.782. The molecule has 98 valence electrons. The molecule has 0 N–H and O–H groups in total. The summed E-state index contributed by atoms with van der Waals surface area (Å²) >= 11 is 6.18. The smallest absolute Gasteiger partial charge is 0.127 e. The number of ether oxygens (including phenoxy) is 2. The van der Waals surface area contributed by atoms with Gasteiger partial charge in [0.15, 0.2) is 0 Å². The van der Waals surface area contributed by atoms with Crippen molar-refractivity contribution >= 4 is 22.6 Å². The number of nitrogens with zero attached hydrogens (tertiary/aromatic N) is 2. The number of imidazole rings is 1. The number of alkyl halides is 1. The molecule has 4 nitrogen and oxygen atoms in total. The fourth-order valence-corrected chi connectivity index (χ4v) is 2.14. The average molecular weight is 269 g/mol. The minimum absolute atomic E-state index is 0.139. The molecule has 1 aromatic heterocycles. The van der Waals surface area contributed by atoms with E-state index in [0.29, 0.717) is 6.61 Å². The first kappa shape index (κ1) is 13.2. The molecule has 0 aliphatic heterocycles. The maximum absolute atomic E-state index is 6.18. The van der Waals surface area contributed by atoms with E-state index in [9.17, 15) is 0 Å². The Morgan fingerprint density at radius 1 is 1.39 bits per heavy atom. The van der Waals surface area contributed by atoms with Gasteiger partial charge in [0.05, 0.1) is 30.1 Å². The zero-order chi connectivity index (χ0) is 13.1. The summed E-state index contributed by atoms with van der Waals surface area (Å²) in [5.41, 5.74) is 1.95. The van der Waals surface area contributed by atoms with E-state index < -0.39 is 0 Å². The van der Waals surface area contributed by atoms with Gasteiger partial charge in [0.25, 0.3) is 0 Å². The molecule has 0 radical (unpaired) electrons. The van der Waals surface area contributed by atoms with Gasteiger partial charge in [-0.15, -0.1) is 11.6 Å². The van der Waals surface area contributed by atoms with E-state index in [0.717, 1.165) is 29.2 Å². The Labute approximate surface area is 111 Å². The van der Waals surface area contributed by atoms with Crippen LogP contribution in [0.1, 0.15) is 18.1 Å². The first-order chi connectivity index (χ1) is 8.67. The Balaban J connectivity index is 2.52. The summed E-state index contributed by atoms with van der Waals surface area (Å²) in [6.07, 6.45) is 0. The fourth-order valence-electron chi connectivity index (χ4n) is 1.98. The van der Waals surface area contributed by atoms with Gasteiger partial charge in [0.1, 0.15) is 11.6 Å². The van der Waals surface area contributed by atoms with Crippen molar-refractivity contribution in [1.29, 1.82) is 0 Å². The molecule has 1 unspecified atom stereocenters. The summed E-state index contributed by atoms with van der Waals surface area (Å²) in [6.45, 7) is 3.29. The number of hydrogen-bond acceptors (Lipinski definition) is 3. The number of fused-ring (bicyclic) bond motifs is 1. The molecule has 0 aliphatic rings. The molecule has 1 aromatic carbocycles. The van der Waals surface area contributed by atoms with Crippen LogP contribution in [0.3, 0.4) is 0 Å². The molecule has 5 heteroatoms. The van der Waals surface area contributed by atoms with E-state index in [1.807, 2.05) is 25.1 Å². The summed E-state index contributed by atoms with van der Waals surface area (Å²) in [5.74, 6) is 1.66. The van der Waals surface area contributed by atoms with Crippen molar-refractivity contribution in [1.82, 2.24) is 9.55 Å². The van der Waals surface area contributed by atoms with E-state index in [-0.39, 0.29) is 5.38 Å². The third kappa shape index (κ3) is 2.44. The van der Waals surface area contributed by atoms with E-state index in [4.69, 9.17) is 21.1 Å². The molecule has 0 fully saturated rings. The van der Waals surface area contributed by atoms with E-state index >= 15 is 0 Å². The maximum atomic E-state index is 6.18. The van der Waals surface area contributed by atoms with Crippen LogP contribution in [-0.2, 0) is 11.3 Å². The van der Waals surface area contributed by atoms with E-state index in [1.54, 1.807) is 14.2 Å². The third-order valence-corrected chi connectivity index (χ3v) is 3.05. The van der Waals surface area contributed by atoms with E-state index in [1.165, 1.54) is 0 Å². The van der Waals surface area contributed by atoms with Crippen molar-refractivity contribution in [3.63, 3.8) is 0 Å². The summed E-state index contributed by atoms with van der Waals surface area (Å²) < 4.78 is 12.4. The Bertz CT molecular complexity index is 537. The molecule has 1 atom stereocenters. The largest absolute Gasteiger partial charge is 0.497 e. The molecule has 0 amide bonds. The van der Waals surface area contributed by atoms with Crippen LogP contribution in [0.15, 0.2) is 18.2 Å². The van der Waals surface area contributed by atoms with Gasteiger partial charge >= 0.3 is 0 Å². The molecule has 1 heterocycles. The van der Waals surface area contributed by atoms with Crippen molar-refractivity contribution in [2.24, 2.45) is 0 Å². The molecule has 18 heavy (non-hydrogen) atoms. The van der Waals surface area contributed by atoms with Crippen LogP contribution in [-0.4, -0.2) is 30.4 Å². The fraction of sp³-hybridized carbons (Fsp3) is 0.462. The lowest BCUT2D eigenvalue weighted by Gasteiger charge is -2.09. The predicted molar refractivity (Wildman–Crippen MR) is 72.4 cm³/mol. The normalized spacial score (nSPS) is 12.9. The molecule has 0 saturated heterocycles. The summed E-state index contributed by atoms with van der Waals surface area (Å²) in [4.78, 5) is 4.57. The number of halogens is 1. The van der Waals surface area contributed by atoms with Gasteiger partial charge in [-0.3, -0.25) is 0 Å². The van der Waals surface area contributed by atoms with Crippen LogP contribution < -0.4 is 4.74 Å². The maximum Gasteiger partial charge on any atom is 0.127 e. The van der Waals surface area contributed by atoms with Gasteiger partial charge in [0.2, 0.25) is 0 Å². The predicted octanol–water partition coefficient (Wildman–Crippen LogP) is 2.99. The zero-order valence-corrected chi connectivity index (χ0v) is 11.6. The molecule has 2 rings (SSSR count). The first-order valence-electron chi connectivity index (χ1n) is 5.84. The Morgan fingerprint density at radius 3 is 2.78 bits per heavy atom. The average Bonchev–Trinajstić information content (AvgIpc) is 2.74. The minimum Gasteiger partial charge on any atom is -0.497 e. The van der Waals surface area contributed by atoms with Crippen molar-refractivity contribution in [2.75, 3.05) is 20.8 Å². The SMILES string of the molecule is COCCn1c(C(C)Cl)nc2cc(OC)ccc21. The molecule has 0 bridgehead atoms. The van der Waals surface area contributed by atoms with Gasteiger partial charge in [0, 0.05) is 19.7 Å². The van der Waals surface area contributed by atoms with Crippen LogP contribution in [0.5, 0.6) is 5.75 Å². The van der Waals surface area contributed by atoms with E-state index in [2.05, 4.69) is 9.55 Å². The van der Waals surface area contributed by atoms with Crippen molar-refractivity contribution in [3.8, 4) is 5.75 Å². The second-order valence-corrected chi connectivity index (χ2v) is 4.74. The number of rotatable bonds is 5. The summed E-state index contributed by atoms with van der Waals surface area (Å²) in [6, 6.07) is 5.84. The van der Waals surface area contributed by atoms with Crippen molar-refractivity contribution in [2.45, 2.75) is 18.8 Å². The Kier molecular flexibility index (Phi) is 4.09. The standard InChI is InChI=1S/C13H17ClN2O2/c1-9(14)13-15-11-8-10(18-3)4-5-12(11)16(13)6-7-17-2/h4-5,8-9H,6-7H2,1-3H3. The number of aromatic nitrogens is 2. The molecule has 2 aromatic rings. The number of hydrogen-bond donors (Lipinski definition) is 0. The highest BCUT2D eigenvalue weighted by Gasteiger charge is 2.15. The molecule has 0 saturated carbocycles. The van der Waals surface area contributed by atoms with Crippen LogP contribution in [0.25, 0.3) is 11.0 Å². The van der Waals surface area contributed by atoms with Crippen LogP contribution in [0.4, 0.5) is 0 Å². The monoisotopic (exact) mass is 268 g/mol. The molecular weight excluding hydrogens is 252 g/mol. The van der Waals surface area contributed by atoms with Crippen LogP contribution in [0, 0.1) is 0 Å². The Hall–Kier alpha value is -1.26. The minimum atomic E-state index is -0.139. The lowest BCUT2D eigenvalue weighted by molar-refractivity contribution is 0.187. The Morgan fingerprint density at radius 2 is 2.17 bits per heavy atom. The molecular formula is C13H17ClN2O2. The topological polar surface area (TPSA) is 36.3 Å². The zero-order valence-electron chi connectivity index (χ0n) is 10.8. The second kappa shape index (κ2) is 5.59. The van der Waals surface area contributed by atoms with Crippen molar-refractivity contribution < 1.29 is 9.47 Å². The number of benzene rings is 1. The third-order valence-electron chi connectivity index (χ3n) is 2.86. The highest BCUT2D eigenvalue weighted by molar-refractivity contribution is 6.20. The first-order valence-corrected chi connectivity index (χ1v) is 6.28. The molecule has 0 spiro atoms. The second-order valence-electron chi connectivity index (χ2n) is 4.09. The summed E-state index contributed by atoms with van der Waals surface area (Å²) in [7, 11) is 3.33. The lowest BCUT2D eigenvalue weighted by Crippen LogP contribution is -2.08. The van der Waals surface area contributed by atoms with Gasteiger partial charge in [-0.2, -0.15) is 0 Å². The highest BCUT2D eigenvalue weighted by Crippen LogP contribution is 2.27. The number of methoxy groups -OCH3 is 2. The highest BCUT2D eigenvalue weighted by atomic mass is 35.5. The van der Waals surface area contributed by atoms with Gasteiger partial charge < -0.3 is 14.0 Å². The summed E-state index contributed by atoms with van der Waals surface area (Å²) in [5, 5.41) is -0.139. The van der Waals surface area contributed by atoms with Crippen LogP contribution >= 0.6 is 11.6 Å². The molecule has 0 aliphatic carbocycles. The van der Waals surface area contributed by atoms with Gasteiger partial charge in [-0.05, 0) is 19.1 Å². The van der Waals surface area contributed by atoms with Gasteiger partial charge in [-0.25, -0.2) is 4.98 Å². The van der Waals surface area contributed by atoms with Crippen LogP contribution in [0.2, 0.25) is 0 Å². The van der Waals surface area contributed by atoms with Crippen molar-refractivity contribution in [3.05, 3.63) is 24.0 Å².